The van der Waals surface area contributed by atoms with Gasteiger partial charge in [0.1, 0.15) is 6.04 Å². The lowest BCUT2D eigenvalue weighted by atomic mass is 9.88. The minimum absolute atomic E-state index is 0.0886. The summed E-state index contributed by atoms with van der Waals surface area (Å²) in [7, 11) is 0. The van der Waals surface area contributed by atoms with Crippen LogP contribution in [0.25, 0.3) is 0 Å². The number of carbonyl (C=O) groups is 3. The highest BCUT2D eigenvalue weighted by molar-refractivity contribution is 6.06. The first-order valence-corrected chi connectivity index (χ1v) is 12.2. The molecule has 5 rings (SSSR count). The summed E-state index contributed by atoms with van der Waals surface area (Å²) in [6.07, 6.45) is 10.3. The van der Waals surface area contributed by atoms with E-state index in [1.54, 1.807) is 4.90 Å². The fourth-order valence-corrected chi connectivity index (χ4v) is 5.62. The first-order valence-electron chi connectivity index (χ1n) is 12.2. The first kappa shape index (κ1) is 22.0. The van der Waals surface area contributed by atoms with Gasteiger partial charge in [0.05, 0.1) is 0 Å². The molecule has 7 nitrogen and oxygen atoms in total. The highest BCUT2D eigenvalue weighted by atomic mass is 16.2. The molecule has 174 valence electrons. The van der Waals surface area contributed by atoms with E-state index >= 15 is 0 Å². The summed E-state index contributed by atoms with van der Waals surface area (Å²) in [5.41, 5.74) is 3.11. The van der Waals surface area contributed by atoms with Crippen molar-refractivity contribution in [1.29, 1.82) is 0 Å². The molecule has 1 saturated heterocycles. The zero-order chi connectivity index (χ0) is 22.8. The van der Waals surface area contributed by atoms with Crippen LogP contribution in [0.15, 0.2) is 53.6 Å². The minimum Gasteiger partial charge on any atom is -0.323 e. The molecule has 2 fully saturated rings. The number of rotatable bonds is 6. The lowest BCUT2D eigenvalue weighted by molar-refractivity contribution is -0.142. The lowest BCUT2D eigenvalue weighted by Gasteiger charge is -2.36. The number of benzene rings is 1. The van der Waals surface area contributed by atoms with Crippen LogP contribution >= 0.6 is 0 Å². The van der Waals surface area contributed by atoms with Crippen LogP contribution in [-0.2, 0) is 20.9 Å². The molecule has 1 aromatic rings. The number of piperidine rings is 1. The van der Waals surface area contributed by atoms with Crippen molar-refractivity contribution < 1.29 is 14.4 Å². The van der Waals surface area contributed by atoms with Crippen LogP contribution < -0.4 is 16.0 Å². The van der Waals surface area contributed by atoms with E-state index in [2.05, 4.69) is 46.3 Å². The van der Waals surface area contributed by atoms with Gasteiger partial charge in [-0.05, 0) is 36.8 Å². The van der Waals surface area contributed by atoms with Crippen molar-refractivity contribution in [3.8, 4) is 0 Å². The normalized spacial score (nSPS) is 29.9. The van der Waals surface area contributed by atoms with Gasteiger partial charge in [0, 0.05) is 43.2 Å². The van der Waals surface area contributed by atoms with Crippen molar-refractivity contribution in [3.63, 3.8) is 0 Å². The van der Waals surface area contributed by atoms with Crippen molar-refractivity contribution in [2.75, 3.05) is 6.54 Å². The maximum atomic E-state index is 13.0. The van der Waals surface area contributed by atoms with Crippen LogP contribution in [0.4, 0.5) is 0 Å². The molecule has 4 aliphatic rings. The van der Waals surface area contributed by atoms with E-state index in [1.165, 1.54) is 18.4 Å². The predicted octanol–water partition coefficient (Wildman–Crippen LogP) is 1.95. The Hall–Kier alpha value is -2.77. The quantitative estimate of drug-likeness (QED) is 0.579. The van der Waals surface area contributed by atoms with Gasteiger partial charge in [-0.3, -0.25) is 19.7 Å². The summed E-state index contributed by atoms with van der Waals surface area (Å²) in [5.74, 6) is -0.699. The maximum absolute atomic E-state index is 13.0. The third-order valence-electron chi connectivity index (χ3n) is 7.39. The van der Waals surface area contributed by atoms with Crippen LogP contribution in [0.5, 0.6) is 0 Å². The molecule has 1 aromatic carbocycles. The van der Waals surface area contributed by atoms with Crippen LogP contribution in [0.3, 0.4) is 0 Å². The second-order valence-electron chi connectivity index (χ2n) is 9.62. The van der Waals surface area contributed by atoms with Crippen molar-refractivity contribution in [2.45, 2.75) is 75.7 Å². The Morgan fingerprint density at radius 2 is 1.79 bits per heavy atom. The Kier molecular flexibility index (Phi) is 6.42. The van der Waals surface area contributed by atoms with Crippen molar-refractivity contribution >= 4 is 17.7 Å². The van der Waals surface area contributed by atoms with Crippen LogP contribution in [0.1, 0.15) is 50.5 Å². The van der Waals surface area contributed by atoms with Crippen LogP contribution in [0, 0.1) is 0 Å². The summed E-state index contributed by atoms with van der Waals surface area (Å²) in [5, 5.41) is 9.97. The Labute approximate surface area is 194 Å². The standard InChI is InChI=1S/C26H32N4O3/c31-24-13-12-23(25(32)29-24)30-16-18-14-19(10-11-20(18)26(30)33)28-22-9-5-4-8-21(22)27-15-17-6-2-1-3-7-17/h1-3,6-7,10-11,19,21-23,27-28H,4-5,8-9,12-16H2,(H,29,31,32)/t19?,21?,22-,23?/m0/s1. The number of nitrogens with zero attached hydrogens (tertiary/aromatic N) is 1. The number of carbonyl (C=O) groups excluding carboxylic acids is 3. The molecule has 3 unspecified atom stereocenters. The molecule has 33 heavy (non-hydrogen) atoms. The SMILES string of the molecule is O=C1CCC(N2CC3=C(C=CC(N[C@H]4CCCCC4NCc4ccccc4)C3)C2=O)C(=O)N1. The van der Waals surface area contributed by atoms with E-state index in [4.69, 9.17) is 0 Å². The lowest BCUT2D eigenvalue weighted by Crippen LogP contribution is -2.53. The van der Waals surface area contributed by atoms with E-state index < -0.39 is 6.04 Å². The minimum atomic E-state index is -0.550. The summed E-state index contributed by atoms with van der Waals surface area (Å²) in [6.45, 7) is 1.35. The predicted molar refractivity (Wildman–Crippen MR) is 125 cm³/mol. The second-order valence-corrected chi connectivity index (χ2v) is 9.62. The molecular weight excluding hydrogens is 416 g/mol. The summed E-state index contributed by atoms with van der Waals surface area (Å²) < 4.78 is 0. The molecule has 7 heteroatoms. The Balaban J connectivity index is 1.19. The smallest absolute Gasteiger partial charge is 0.254 e. The number of hydrogen-bond acceptors (Lipinski definition) is 5. The van der Waals surface area contributed by atoms with Gasteiger partial charge < -0.3 is 15.5 Å². The highest BCUT2D eigenvalue weighted by Gasteiger charge is 2.41. The fourth-order valence-electron chi connectivity index (χ4n) is 5.62. The number of imide groups is 1. The molecule has 4 atom stereocenters. The number of hydrogen-bond donors (Lipinski definition) is 3. The van der Waals surface area contributed by atoms with Crippen molar-refractivity contribution in [3.05, 3.63) is 59.2 Å². The zero-order valence-corrected chi connectivity index (χ0v) is 18.9. The molecule has 0 bridgehead atoms. The van der Waals surface area contributed by atoms with E-state index in [1.807, 2.05) is 12.1 Å². The average molecular weight is 449 g/mol. The molecule has 0 radical (unpaired) electrons. The van der Waals surface area contributed by atoms with Crippen LogP contribution in [-0.4, -0.2) is 53.3 Å². The Morgan fingerprint density at radius 3 is 2.58 bits per heavy atom. The van der Waals surface area contributed by atoms with E-state index in [9.17, 15) is 14.4 Å². The molecule has 0 spiro atoms. The highest BCUT2D eigenvalue weighted by Crippen LogP contribution is 2.32. The molecule has 3 N–H and O–H groups in total. The topological polar surface area (TPSA) is 90.5 Å². The van der Waals surface area contributed by atoms with Gasteiger partial charge >= 0.3 is 0 Å². The molecule has 2 aliphatic heterocycles. The third kappa shape index (κ3) is 4.80. The van der Waals surface area contributed by atoms with Crippen LogP contribution in [0.2, 0.25) is 0 Å². The Morgan fingerprint density at radius 1 is 1.00 bits per heavy atom. The molecule has 2 heterocycles. The number of amides is 3. The van der Waals surface area contributed by atoms with Gasteiger partial charge in [0.25, 0.3) is 5.91 Å². The fraction of sp³-hybridized carbons (Fsp3) is 0.500. The largest absolute Gasteiger partial charge is 0.323 e. The maximum Gasteiger partial charge on any atom is 0.254 e. The third-order valence-corrected chi connectivity index (χ3v) is 7.39. The molecule has 1 saturated carbocycles. The second kappa shape index (κ2) is 9.61. The number of nitrogens with one attached hydrogen (secondary N) is 3. The molecule has 2 aliphatic carbocycles. The van der Waals surface area contributed by atoms with Gasteiger partial charge in [-0.25, -0.2) is 0 Å². The van der Waals surface area contributed by atoms with Crippen molar-refractivity contribution in [2.24, 2.45) is 0 Å². The first-order chi connectivity index (χ1) is 16.1. The van der Waals surface area contributed by atoms with Crippen molar-refractivity contribution in [1.82, 2.24) is 20.9 Å². The zero-order valence-electron chi connectivity index (χ0n) is 18.9. The molecule has 3 amide bonds. The monoisotopic (exact) mass is 448 g/mol. The van der Waals surface area contributed by atoms with Gasteiger partial charge in [0.2, 0.25) is 11.8 Å². The summed E-state index contributed by atoms with van der Waals surface area (Å²) in [4.78, 5) is 38.4. The van der Waals surface area contributed by atoms with E-state index in [-0.39, 0.29) is 30.2 Å². The summed E-state index contributed by atoms with van der Waals surface area (Å²) in [6, 6.07) is 11.0. The van der Waals surface area contributed by atoms with E-state index in [0.29, 0.717) is 25.0 Å². The summed E-state index contributed by atoms with van der Waals surface area (Å²) >= 11 is 0. The van der Waals surface area contributed by atoms with Gasteiger partial charge in [-0.1, -0.05) is 55.3 Å². The van der Waals surface area contributed by atoms with Gasteiger partial charge in [-0.2, -0.15) is 0 Å². The molecular formula is C26H32N4O3. The average Bonchev–Trinajstić information content (AvgIpc) is 3.14. The van der Waals surface area contributed by atoms with Gasteiger partial charge in [-0.15, -0.1) is 0 Å². The molecule has 0 aromatic heterocycles. The van der Waals surface area contributed by atoms with E-state index in [0.717, 1.165) is 37.0 Å². The Bertz CT molecular complexity index is 987. The van der Waals surface area contributed by atoms with Gasteiger partial charge in [0.15, 0.2) is 0 Å².